The molecule has 2 heterocycles. The van der Waals surface area contributed by atoms with Gasteiger partial charge >= 0.3 is 0 Å². The first-order chi connectivity index (χ1) is 7.68. The van der Waals surface area contributed by atoms with Gasteiger partial charge in [0, 0.05) is 24.5 Å². The van der Waals surface area contributed by atoms with Gasteiger partial charge in [-0.15, -0.1) is 0 Å². The van der Waals surface area contributed by atoms with E-state index in [1.165, 1.54) is 38.9 Å². The predicted octanol–water partition coefficient (Wildman–Crippen LogP) is 1.49. The molecule has 2 saturated heterocycles. The van der Waals surface area contributed by atoms with Crippen LogP contribution < -0.4 is 5.32 Å². The molecule has 16 heavy (non-hydrogen) atoms. The molecule has 1 unspecified atom stereocenters. The van der Waals surface area contributed by atoms with Crippen LogP contribution in [-0.2, 0) is 4.74 Å². The van der Waals surface area contributed by atoms with Crippen LogP contribution in [-0.4, -0.2) is 50.3 Å². The van der Waals surface area contributed by atoms with E-state index in [9.17, 15) is 0 Å². The van der Waals surface area contributed by atoms with Crippen LogP contribution in [0.1, 0.15) is 33.1 Å². The van der Waals surface area contributed by atoms with Gasteiger partial charge in [-0.25, -0.2) is 0 Å². The van der Waals surface area contributed by atoms with Gasteiger partial charge < -0.3 is 15.0 Å². The molecule has 0 amide bonds. The third-order valence-corrected chi connectivity index (χ3v) is 3.76. The Morgan fingerprint density at radius 3 is 2.50 bits per heavy atom. The van der Waals surface area contributed by atoms with Gasteiger partial charge in [0.25, 0.3) is 0 Å². The molecule has 0 saturated carbocycles. The zero-order valence-electron chi connectivity index (χ0n) is 10.8. The molecule has 0 aliphatic carbocycles. The Hall–Kier alpha value is -0.120. The molecule has 0 aromatic rings. The summed E-state index contributed by atoms with van der Waals surface area (Å²) in [6.45, 7) is 11.4. The Morgan fingerprint density at radius 1 is 1.25 bits per heavy atom. The first kappa shape index (κ1) is 12.3. The van der Waals surface area contributed by atoms with Crippen molar-refractivity contribution in [3.05, 3.63) is 0 Å². The number of hydrogen-bond donors (Lipinski definition) is 1. The van der Waals surface area contributed by atoms with Gasteiger partial charge in [0.1, 0.15) is 0 Å². The lowest BCUT2D eigenvalue weighted by atomic mass is 9.88. The summed E-state index contributed by atoms with van der Waals surface area (Å²) >= 11 is 0. The van der Waals surface area contributed by atoms with Gasteiger partial charge in [0.05, 0.1) is 13.2 Å². The second-order valence-electron chi connectivity index (χ2n) is 5.95. The minimum absolute atomic E-state index is 0.399. The normalized spacial score (nSPS) is 27.4. The number of hydrogen-bond acceptors (Lipinski definition) is 3. The molecule has 0 aromatic carbocycles. The highest BCUT2D eigenvalue weighted by atomic mass is 16.5. The van der Waals surface area contributed by atoms with Gasteiger partial charge in [-0.05, 0) is 32.9 Å². The number of nitrogens with one attached hydrogen (secondary N) is 1. The monoisotopic (exact) mass is 226 g/mol. The van der Waals surface area contributed by atoms with Crippen molar-refractivity contribution in [3.8, 4) is 0 Å². The van der Waals surface area contributed by atoms with E-state index in [0.717, 1.165) is 19.8 Å². The number of ether oxygens (including phenoxy) is 1. The van der Waals surface area contributed by atoms with E-state index in [1.54, 1.807) is 0 Å². The summed E-state index contributed by atoms with van der Waals surface area (Å²) < 4.78 is 5.27. The highest BCUT2D eigenvalue weighted by Crippen LogP contribution is 2.25. The quantitative estimate of drug-likeness (QED) is 0.768. The summed E-state index contributed by atoms with van der Waals surface area (Å²) in [5.74, 6) is 0. The standard InChI is InChI=1S/C13H26N2O/c1-12(8-15-6-4-3-5-7-15)14-9-13(2)10-16-11-13/h12,14H,3-11H2,1-2H3. The average Bonchev–Trinajstić information content (AvgIpc) is 2.25. The van der Waals surface area contributed by atoms with Crippen molar-refractivity contribution >= 4 is 0 Å². The predicted molar refractivity (Wildman–Crippen MR) is 66.7 cm³/mol. The Morgan fingerprint density at radius 2 is 1.94 bits per heavy atom. The molecule has 1 atom stereocenters. The maximum absolute atomic E-state index is 5.27. The summed E-state index contributed by atoms with van der Waals surface area (Å²) in [7, 11) is 0. The minimum atomic E-state index is 0.399. The van der Waals surface area contributed by atoms with Gasteiger partial charge in [0.2, 0.25) is 0 Å². The molecule has 2 aliphatic rings. The maximum Gasteiger partial charge on any atom is 0.0554 e. The van der Waals surface area contributed by atoms with Gasteiger partial charge in [-0.2, -0.15) is 0 Å². The van der Waals surface area contributed by atoms with Crippen LogP contribution in [0, 0.1) is 5.41 Å². The van der Waals surface area contributed by atoms with Gasteiger partial charge in [0.15, 0.2) is 0 Å². The van der Waals surface area contributed by atoms with Crippen LogP contribution in [0.4, 0.5) is 0 Å². The van der Waals surface area contributed by atoms with E-state index in [4.69, 9.17) is 4.74 Å². The van der Waals surface area contributed by atoms with Crippen LogP contribution >= 0.6 is 0 Å². The van der Waals surface area contributed by atoms with Crippen molar-refractivity contribution in [2.75, 3.05) is 39.4 Å². The maximum atomic E-state index is 5.27. The molecule has 1 N–H and O–H groups in total. The molecule has 3 heteroatoms. The van der Waals surface area contributed by atoms with E-state index < -0.39 is 0 Å². The Labute approximate surface area is 99.5 Å². The lowest BCUT2D eigenvalue weighted by Crippen LogP contribution is -2.51. The van der Waals surface area contributed by atoms with Gasteiger partial charge in [-0.1, -0.05) is 13.3 Å². The van der Waals surface area contributed by atoms with Crippen molar-refractivity contribution in [1.82, 2.24) is 10.2 Å². The van der Waals surface area contributed by atoms with Crippen LogP contribution in [0.15, 0.2) is 0 Å². The average molecular weight is 226 g/mol. The molecule has 2 fully saturated rings. The topological polar surface area (TPSA) is 24.5 Å². The number of rotatable bonds is 5. The lowest BCUT2D eigenvalue weighted by molar-refractivity contribution is -0.100. The molecule has 0 aromatic heterocycles. The molecule has 3 nitrogen and oxygen atoms in total. The van der Waals surface area contributed by atoms with Crippen LogP contribution in [0.5, 0.6) is 0 Å². The Kier molecular flexibility index (Phi) is 4.22. The van der Waals surface area contributed by atoms with E-state index in [1.807, 2.05) is 0 Å². The zero-order valence-corrected chi connectivity index (χ0v) is 10.8. The summed E-state index contributed by atoms with van der Waals surface area (Å²) in [6.07, 6.45) is 4.20. The van der Waals surface area contributed by atoms with Crippen LogP contribution in [0.25, 0.3) is 0 Å². The molecule has 2 aliphatic heterocycles. The first-order valence-electron chi connectivity index (χ1n) is 6.71. The molecule has 0 spiro atoms. The second kappa shape index (κ2) is 5.48. The summed E-state index contributed by atoms with van der Waals surface area (Å²) in [6, 6.07) is 0.607. The highest BCUT2D eigenvalue weighted by molar-refractivity contribution is 4.84. The highest BCUT2D eigenvalue weighted by Gasteiger charge is 2.33. The smallest absolute Gasteiger partial charge is 0.0554 e. The Balaban J connectivity index is 1.61. The zero-order chi connectivity index (χ0) is 11.4. The molecule has 94 valence electrons. The third-order valence-electron chi connectivity index (χ3n) is 3.76. The van der Waals surface area contributed by atoms with Crippen molar-refractivity contribution in [3.63, 3.8) is 0 Å². The van der Waals surface area contributed by atoms with E-state index in [-0.39, 0.29) is 0 Å². The van der Waals surface area contributed by atoms with E-state index in [2.05, 4.69) is 24.1 Å². The van der Waals surface area contributed by atoms with E-state index >= 15 is 0 Å². The fourth-order valence-electron chi connectivity index (χ4n) is 2.57. The summed E-state index contributed by atoms with van der Waals surface area (Å²) in [5, 5.41) is 3.65. The van der Waals surface area contributed by atoms with E-state index in [0.29, 0.717) is 11.5 Å². The largest absolute Gasteiger partial charge is 0.380 e. The molecule has 0 radical (unpaired) electrons. The number of nitrogens with zero attached hydrogens (tertiary/aromatic N) is 1. The number of piperidine rings is 1. The van der Waals surface area contributed by atoms with Crippen molar-refractivity contribution < 1.29 is 4.74 Å². The van der Waals surface area contributed by atoms with Crippen molar-refractivity contribution in [2.45, 2.75) is 39.2 Å². The fraction of sp³-hybridized carbons (Fsp3) is 1.00. The lowest BCUT2D eigenvalue weighted by Gasteiger charge is -2.39. The first-order valence-corrected chi connectivity index (χ1v) is 6.71. The van der Waals surface area contributed by atoms with Crippen LogP contribution in [0.3, 0.4) is 0 Å². The third kappa shape index (κ3) is 3.44. The molecule has 2 rings (SSSR count). The molecular formula is C13H26N2O. The summed E-state index contributed by atoms with van der Waals surface area (Å²) in [4.78, 5) is 2.60. The van der Waals surface area contributed by atoms with Crippen molar-refractivity contribution in [2.24, 2.45) is 5.41 Å². The van der Waals surface area contributed by atoms with Crippen LogP contribution in [0.2, 0.25) is 0 Å². The Bertz CT molecular complexity index is 210. The van der Waals surface area contributed by atoms with Gasteiger partial charge in [-0.3, -0.25) is 0 Å². The summed E-state index contributed by atoms with van der Waals surface area (Å²) in [5.41, 5.74) is 0.399. The minimum Gasteiger partial charge on any atom is -0.380 e. The SMILES string of the molecule is CC(CN1CCCCC1)NCC1(C)COC1. The molecule has 0 bridgehead atoms. The fourth-order valence-corrected chi connectivity index (χ4v) is 2.57. The second-order valence-corrected chi connectivity index (χ2v) is 5.95. The molecular weight excluding hydrogens is 200 g/mol. The number of likely N-dealkylation sites (tertiary alicyclic amines) is 1. The van der Waals surface area contributed by atoms with Crippen molar-refractivity contribution in [1.29, 1.82) is 0 Å².